The quantitative estimate of drug-likeness (QED) is 0.502. The van der Waals surface area contributed by atoms with Gasteiger partial charge in [0, 0.05) is 12.4 Å². The van der Waals surface area contributed by atoms with Crippen LogP contribution in [0.1, 0.15) is 6.92 Å². The molecule has 0 fully saturated rings. The molecule has 0 saturated heterocycles. The van der Waals surface area contributed by atoms with Crippen LogP contribution < -0.4 is 0 Å². The molecule has 64 valence electrons. The Hall–Kier alpha value is -1.51. The van der Waals surface area contributed by atoms with Crippen LogP contribution in [0.25, 0.3) is 5.70 Å². The van der Waals surface area contributed by atoms with E-state index in [1.54, 1.807) is 23.9 Å². The summed E-state index contributed by atoms with van der Waals surface area (Å²) in [5, 5.41) is 0. The topological polar surface area (TPSA) is 31.2 Å². The molecule has 0 atom stereocenters. The molecule has 0 bridgehead atoms. The number of rotatable bonds is 3. The molecule has 1 aromatic rings. The van der Waals surface area contributed by atoms with Gasteiger partial charge in [-0.25, -0.2) is 4.79 Å². The van der Waals surface area contributed by atoms with Crippen LogP contribution in [-0.2, 0) is 9.53 Å². The normalized spacial score (nSPS) is 9.42. The molecule has 0 aliphatic carbocycles. The summed E-state index contributed by atoms with van der Waals surface area (Å²) in [5.74, 6) is -0.381. The van der Waals surface area contributed by atoms with Crippen LogP contribution in [0.4, 0.5) is 0 Å². The van der Waals surface area contributed by atoms with Gasteiger partial charge in [0.25, 0.3) is 0 Å². The Labute approximate surface area is 71.3 Å². The van der Waals surface area contributed by atoms with Gasteiger partial charge >= 0.3 is 5.97 Å². The zero-order valence-corrected chi connectivity index (χ0v) is 6.99. The van der Waals surface area contributed by atoms with Crippen LogP contribution in [0.15, 0.2) is 31.1 Å². The van der Waals surface area contributed by atoms with Crippen molar-refractivity contribution in [1.82, 2.24) is 4.57 Å². The Kier molecular flexibility index (Phi) is 2.69. The second kappa shape index (κ2) is 3.76. The van der Waals surface area contributed by atoms with Gasteiger partial charge < -0.3 is 9.30 Å². The van der Waals surface area contributed by atoms with Gasteiger partial charge in [-0.05, 0) is 19.1 Å². The average Bonchev–Trinajstić information content (AvgIpc) is 2.55. The zero-order valence-electron chi connectivity index (χ0n) is 6.99. The lowest BCUT2D eigenvalue weighted by Gasteiger charge is -2.04. The standard InChI is InChI=1S/C9H11NO2/c1-3-12-9(11)8(2)10-6-4-5-7-10/h4-7H,2-3H2,1H3. The summed E-state index contributed by atoms with van der Waals surface area (Å²) in [4.78, 5) is 11.1. The molecule has 0 aliphatic heterocycles. The second-order valence-electron chi connectivity index (χ2n) is 2.26. The third-order valence-electron chi connectivity index (χ3n) is 1.43. The van der Waals surface area contributed by atoms with Crippen LogP contribution in [0, 0.1) is 0 Å². The van der Waals surface area contributed by atoms with E-state index < -0.39 is 0 Å². The smallest absolute Gasteiger partial charge is 0.354 e. The fourth-order valence-electron chi connectivity index (χ4n) is 0.834. The first-order valence-electron chi connectivity index (χ1n) is 3.75. The number of hydrogen-bond donors (Lipinski definition) is 0. The lowest BCUT2D eigenvalue weighted by atomic mass is 10.5. The number of hydrogen-bond acceptors (Lipinski definition) is 2. The largest absolute Gasteiger partial charge is 0.461 e. The van der Waals surface area contributed by atoms with E-state index in [0.717, 1.165) is 0 Å². The molecule has 0 unspecified atom stereocenters. The molecular formula is C9H11NO2. The molecule has 0 spiro atoms. The molecule has 3 heteroatoms. The lowest BCUT2D eigenvalue weighted by molar-refractivity contribution is -0.136. The number of carbonyl (C=O) groups excluding carboxylic acids is 1. The third kappa shape index (κ3) is 1.75. The fourth-order valence-corrected chi connectivity index (χ4v) is 0.834. The maximum atomic E-state index is 11.1. The van der Waals surface area contributed by atoms with E-state index in [-0.39, 0.29) is 5.97 Å². The first-order valence-corrected chi connectivity index (χ1v) is 3.75. The summed E-state index contributed by atoms with van der Waals surface area (Å²) in [6.07, 6.45) is 3.50. The summed E-state index contributed by atoms with van der Waals surface area (Å²) in [7, 11) is 0. The van der Waals surface area contributed by atoms with Crippen LogP contribution in [-0.4, -0.2) is 17.1 Å². The second-order valence-corrected chi connectivity index (χ2v) is 2.26. The number of ether oxygens (including phenoxy) is 1. The van der Waals surface area contributed by atoms with E-state index in [1.165, 1.54) is 0 Å². The number of aromatic nitrogens is 1. The monoisotopic (exact) mass is 165 g/mol. The predicted octanol–water partition coefficient (Wildman–Crippen LogP) is 1.52. The highest BCUT2D eigenvalue weighted by atomic mass is 16.5. The minimum absolute atomic E-state index is 0.335. The fraction of sp³-hybridized carbons (Fsp3) is 0.222. The lowest BCUT2D eigenvalue weighted by Crippen LogP contribution is -2.09. The van der Waals surface area contributed by atoms with Gasteiger partial charge in [0.05, 0.1) is 6.61 Å². The molecule has 0 N–H and O–H groups in total. The molecule has 1 rings (SSSR count). The third-order valence-corrected chi connectivity index (χ3v) is 1.43. The van der Waals surface area contributed by atoms with Gasteiger partial charge in [0.1, 0.15) is 5.70 Å². The van der Waals surface area contributed by atoms with Crippen LogP contribution in [0.5, 0.6) is 0 Å². The summed E-state index contributed by atoms with van der Waals surface area (Å²) >= 11 is 0. The molecule has 1 heterocycles. The molecule has 0 radical (unpaired) electrons. The van der Waals surface area contributed by atoms with Gasteiger partial charge in [0.2, 0.25) is 0 Å². The first kappa shape index (κ1) is 8.59. The Morgan fingerprint density at radius 3 is 2.58 bits per heavy atom. The van der Waals surface area contributed by atoms with E-state index in [9.17, 15) is 4.79 Å². The molecular weight excluding hydrogens is 154 g/mol. The van der Waals surface area contributed by atoms with Gasteiger partial charge in [-0.1, -0.05) is 6.58 Å². The minimum Gasteiger partial charge on any atom is -0.461 e. The molecule has 1 aromatic heterocycles. The summed E-state index contributed by atoms with van der Waals surface area (Å²) in [5.41, 5.74) is 0.335. The van der Waals surface area contributed by atoms with Crippen molar-refractivity contribution in [3.63, 3.8) is 0 Å². The molecule has 0 aromatic carbocycles. The van der Waals surface area contributed by atoms with Crippen molar-refractivity contribution in [2.45, 2.75) is 6.92 Å². The van der Waals surface area contributed by atoms with E-state index in [2.05, 4.69) is 6.58 Å². The minimum atomic E-state index is -0.381. The molecule has 3 nitrogen and oxygen atoms in total. The SMILES string of the molecule is C=C(C(=O)OCC)n1cccc1. The molecule has 0 saturated carbocycles. The maximum absolute atomic E-state index is 11.1. The van der Waals surface area contributed by atoms with Crippen molar-refractivity contribution in [2.75, 3.05) is 6.61 Å². The number of nitrogens with zero attached hydrogens (tertiary/aromatic N) is 1. The summed E-state index contributed by atoms with van der Waals surface area (Å²) < 4.78 is 6.39. The Morgan fingerprint density at radius 2 is 2.08 bits per heavy atom. The van der Waals surface area contributed by atoms with Gasteiger partial charge in [-0.15, -0.1) is 0 Å². The van der Waals surface area contributed by atoms with Gasteiger partial charge in [-0.2, -0.15) is 0 Å². The van der Waals surface area contributed by atoms with Crippen LogP contribution in [0.2, 0.25) is 0 Å². The Balaban J connectivity index is 2.66. The van der Waals surface area contributed by atoms with Crippen molar-refractivity contribution < 1.29 is 9.53 Å². The maximum Gasteiger partial charge on any atom is 0.354 e. The highest BCUT2D eigenvalue weighted by Crippen LogP contribution is 2.03. The highest BCUT2D eigenvalue weighted by Gasteiger charge is 2.07. The first-order chi connectivity index (χ1) is 5.75. The summed E-state index contributed by atoms with van der Waals surface area (Å²) in [6.45, 7) is 5.74. The molecule has 12 heavy (non-hydrogen) atoms. The van der Waals surface area contributed by atoms with Crippen molar-refractivity contribution in [2.24, 2.45) is 0 Å². The number of carbonyl (C=O) groups is 1. The summed E-state index contributed by atoms with van der Waals surface area (Å²) in [6, 6.07) is 3.65. The van der Waals surface area contributed by atoms with E-state index in [1.807, 2.05) is 12.1 Å². The van der Waals surface area contributed by atoms with Crippen LogP contribution >= 0.6 is 0 Å². The zero-order chi connectivity index (χ0) is 8.97. The predicted molar refractivity (Wildman–Crippen MR) is 46.4 cm³/mol. The van der Waals surface area contributed by atoms with Gasteiger partial charge in [0.15, 0.2) is 0 Å². The van der Waals surface area contributed by atoms with Crippen molar-refractivity contribution in [3.05, 3.63) is 31.1 Å². The van der Waals surface area contributed by atoms with Crippen molar-refractivity contribution in [3.8, 4) is 0 Å². The number of esters is 1. The molecule has 0 amide bonds. The van der Waals surface area contributed by atoms with E-state index >= 15 is 0 Å². The highest BCUT2D eigenvalue weighted by molar-refractivity contribution is 6.08. The Morgan fingerprint density at radius 1 is 1.50 bits per heavy atom. The van der Waals surface area contributed by atoms with E-state index in [4.69, 9.17) is 4.74 Å². The average molecular weight is 165 g/mol. The Bertz CT molecular complexity index is 275. The molecule has 0 aliphatic rings. The van der Waals surface area contributed by atoms with E-state index in [0.29, 0.717) is 12.3 Å². The van der Waals surface area contributed by atoms with Crippen molar-refractivity contribution >= 4 is 11.7 Å². The van der Waals surface area contributed by atoms with Gasteiger partial charge in [-0.3, -0.25) is 0 Å². The van der Waals surface area contributed by atoms with Crippen LogP contribution in [0.3, 0.4) is 0 Å². The van der Waals surface area contributed by atoms with Crippen molar-refractivity contribution in [1.29, 1.82) is 0 Å².